The highest BCUT2D eigenvalue weighted by molar-refractivity contribution is 7.16. The number of nitrogens with zero attached hydrogens (tertiary/aromatic N) is 4. The molecule has 1 N–H and O–H groups in total. The predicted molar refractivity (Wildman–Crippen MR) is 106 cm³/mol. The molecule has 0 atom stereocenters. The maximum Gasteiger partial charge on any atom is 0.181 e. The molecule has 4 heterocycles. The van der Waals surface area contributed by atoms with Gasteiger partial charge in [0.05, 0.1) is 11.9 Å². The van der Waals surface area contributed by atoms with E-state index < -0.39 is 0 Å². The van der Waals surface area contributed by atoms with E-state index in [4.69, 9.17) is 9.51 Å². The van der Waals surface area contributed by atoms with Gasteiger partial charge in [0.2, 0.25) is 0 Å². The molecule has 0 unspecified atom stereocenters. The molecule has 1 saturated carbocycles. The third kappa shape index (κ3) is 3.30. The highest BCUT2D eigenvalue weighted by Gasteiger charge is 2.21. The lowest BCUT2D eigenvalue weighted by atomic mass is 10.1. The Morgan fingerprint density at radius 3 is 2.93 bits per heavy atom. The standard InChI is InChI=1S/C20H19N5OS/c1-2-6-13(5-1)17-11-14(25-26-17)12-22-18-15-8-10-27-20(15)24-19(23-18)16-7-3-4-9-21-16/h3-4,7-11,13H,1-2,5-6,12H2,(H,22,23,24). The van der Waals surface area contributed by atoms with Crippen LogP contribution in [-0.4, -0.2) is 20.1 Å². The number of hydrogen-bond acceptors (Lipinski definition) is 7. The molecular formula is C20H19N5OS. The van der Waals surface area contributed by atoms with Crippen molar-refractivity contribution in [1.82, 2.24) is 20.1 Å². The van der Waals surface area contributed by atoms with Crippen LogP contribution in [0.25, 0.3) is 21.7 Å². The van der Waals surface area contributed by atoms with Gasteiger partial charge in [-0.15, -0.1) is 11.3 Å². The highest BCUT2D eigenvalue weighted by atomic mass is 32.1. The molecular weight excluding hydrogens is 358 g/mol. The Balaban J connectivity index is 1.40. The molecule has 1 aliphatic carbocycles. The molecule has 5 rings (SSSR count). The van der Waals surface area contributed by atoms with Crippen LogP contribution in [0.4, 0.5) is 5.82 Å². The maximum absolute atomic E-state index is 5.57. The van der Waals surface area contributed by atoms with Crippen LogP contribution in [0.3, 0.4) is 0 Å². The van der Waals surface area contributed by atoms with Crippen LogP contribution in [0, 0.1) is 0 Å². The van der Waals surface area contributed by atoms with Crippen LogP contribution in [-0.2, 0) is 6.54 Å². The van der Waals surface area contributed by atoms with Crippen molar-refractivity contribution in [3.05, 3.63) is 53.4 Å². The second-order valence-corrected chi connectivity index (χ2v) is 7.70. The molecule has 136 valence electrons. The van der Waals surface area contributed by atoms with Gasteiger partial charge in [-0.25, -0.2) is 9.97 Å². The summed E-state index contributed by atoms with van der Waals surface area (Å²) in [5.74, 6) is 2.97. The average Bonchev–Trinajstić information content (AvgIpc) is 3.47. The largest absolute Gasteiger partial charge is 0.364 e. The van der Waals surface area contributed by atoms with Gasteiger partial charge >= 0.3 is 0 Å². The van der Waals surface area contributed by atoms with Crippen LogP contribution in [0.2, 0.25) is 0 Å². The third-order valence-electron chi connectivity index (χ3n) is 4.99. The number of aromatic nitrogens is 4. The van der Waals surface area contributed by atoms with Crippen LogP contribution in [0.1, 0.15) is 43.1 Å². The van der Waals surface area contributed by atoms with Crippen molar-refractivity contribution in [3.63, 3.8) is 0 Å². The number of nitrogens with one attached hydrogen (secondary N) is 1. The Hall–Kier alpha value is -2.80. The molecule has 0 radical (unpaired) electrons. The highest BCUT2D eigenvalue weighted by Crippen LogP contribution is 2.34. The summed E-state index contributed by atoms with van der Waals surface area (Å²) in [6.07, 6.45) is 6.73. The van der Waals surface area contributed by atoms with E-state index in [2.05, 4.69) is 26.5 Å². The number of anilines is 1. The Labute approximate surface area is 160 Å². The summed E-state index contributed by atoms with van der Waals surface area (Å²) in [7, 11) is 0. The Morgan fingerprint density at radius 2 is 2.07 bits per heavy atom. The lowest BCUT2D eigenvalue weighted by Gasteiger charge is -2.07. The minimum absolute atomic E-state index is 0.532. The first-order valence-corrected chi connectivity index (χ1v) is 10.1. The number of pyridine rings is 1. The Morgan fingerprint density at radius 1 is 1.15 bits per heavy atom. The summed E-state index contributed by atoms with van der Waals surface area (Å²) in [6, 6.07) is 9.87. The van der Waals surface area contributed by atoms with Crippen molar-refractivity contribution in [3.8, 4) is 11.5 Å². The summed E-state index contributed by atoms with van der Waals surface area (Å²) in [6.45, 7) is 0.569. The van der Waals surface area contributed by atoms with Gasteiger partial charge in [-0.3, -0.25) is 4.98 Å². The second kappa shape index (κ2) is 7.08. The van der Waals surface area contributed by atoms with Crippen LogP contribution < -0.4 is 5.32 Å². The minimum Gasteiger partial charge on any atom is -0.364 e. The molecule has 0 saturated heterocycles. The second-order valence-electron chi connectivity index (χ2n) is 6.81. The van der Waals surface area contributed by atoms with Gasteiger partial charge < -0.3 is 9.84 Å². The topological polar surface area (TPSA) is 76.7 Å². The van der Waals surface area contributed by atoms with Gasteiger partial charge in [-0.1, -0.05) is 24.1 Å². The van der Waals surface area contributed by atoms with E-state index in [1.807, 2.05) is 29.6 Å². The van der Waals surface area contributed by atoms with Crippen molar-refractivity contribution in [2.45, 2.75) is 38.1 Å². The fourth-order valence-electron chi connectivity index (χ4n) is 3.59. The molecule has 1 fully saturated rings. The number of thiophene rings is 1. The minimum atomic E-state index is 0.532. The molecule has 0 aromatic carbocycles. The van der Waals surface area contributed by atoms with E-state index in [-0.39, 0.29) is 0 Å². The molecule has 0 amide bonds. The summed E-state index contributed by atoms with van der Waals surface area (Å²) >= 11 is 1.60. The summed E-state index contributed by atoms with van der Waals surface area (Å²) in [4.78, 5) is 14.7. The summed E-state index contributed by atoms with van der Waals surface area (Å²) < 4.78 is 5.57. The van der Waals surface area contributed by atoms with Gasteiger partial charge in [0.25, 0.3) is 0 Å². The molecule has 0 aliphatic heterocycles. The first kappa shape index (κ1) is 16.4. The monoisotopic (exact) mass is 377 g/mol. The zero-order valence-corrected chi connectivity index (χ0v) is 15.6. The van der Waals surface area contributed by atoms with Gasteiger partial charge in [0.1, 0.15) is 27.8 Å². The lowest BCUT2D eigenvalue weighted by molar-refractivity contribution is 0.356. The fourth-order valence-corrected chi connectivity index (χ4v) is 4.35. The Bertz CT molecular complexity index is 1050. The van der Waals surface area contributed by atoms with E-state index in [0.717, 1.165) is 33.2 Å². The molecule has 4 aromatic rings. The zero-order valence-electron chi connectivity index (χ0n) is 14.8. The van der Waals surface area contributed by atoms with E-state index in [9.17, 15) is 0 Å². The first-order chi connectivity index (χ1) is 13.4. The first-order valence-electron chi connectivity index (χ1n) is 9.23. The molecule has 4 aromatic heterocycles. The average molecular weight is 377 g/mol. The summed E-state index contributed by atoms with van der Waals surface area (Å²) in [5, 5.41) is 10.7. The van der Waals surface area contributed by atoms with Crippen LogP contribution >= 0.6 is 11.3 Å². The van der Waals surface area contributed by atoms with E-state index >= 15 is 0 Å². The smallest absolute Gasteiger partial charge is 0.181 e. The molecule has 6 nitrogen and oxygen atoms in total. The van der Waals surface area contributed by atoms with Gasteiger partial charge in [0.15, 0.2) is 5.82 Å². The summed E-state index contributed by atoms with van der Waals surface area (Å²) in [5.41, 5.74) is 1.67. The number of hydrogen-bond donors (Lipinski definition) is 1. The van der Waals surface area contributed by atoms with Crippen LogP contribution in [0.15, 0.2) is 46.4 Å². The van der Waals surface area contributed by atoms with E-state index in [1.165, 1.54) is 25.7 Å². The molecule has 7 heteroatoms. The van der Waals surface area contributed by atoms with E-state index in [0.29, 0.717) is 18.3 Å². The van der Waals surface area contributed by atoms with Crippen molar-refractivity contribution >= 4 is 27.4 Å². The van der Waals surface area contributed by atoms with Crippen molar-refractivity contribution in [2.75, 3.05) is 5.32 Å². The fraction of sp³-hybridized carbons (Fsp3) is 0.300. The number of fused-ring (bicyclic) bond motifs is 1. The SMILES string of the molecule is c1ccc(-c2nc(NCc3cc(C4CCCC4)on3)c3ccsc3n2)nc1. The molecule has 0 bridgehead atoms. The third-order valence-corrected chi connectivity index (χ3v) is 5.80. The molecule has 27 heavy (non-hydrogen) atoms. The zero-order chi connectivity index (χ0) is 18.1. The van der Waals surface area contributed by atoms with Gasteiger partial charge in [-0.2, -0.15) is 0 Å². The van der Waals surface area contributed by atoms with Crippen molar-refractivity contribution in [1.29, 1.82) is 0 Å². The quantitative estimate of drug-likeness (QED) is 0.527. The lowest BCUT2D eigenvalue weighted by Crippen LogP contribution is -2.04. The normalized spacial score (nSPS) is 14.8. The number of rotatable bonds is 5. The molecule has 1 aliphatic rings. The van der Waals surface area contributed by atoms with Gasteiger partial charge in [-0.05, 0) is 36.4 Å². The van der Waals surface area contributed by atoms with E-state index in [1.54, 1.807) is 17.5 Å². The predicted octanol–water partition coefficient (Wildman–Crippen LogP) is 5.01. The maximum atomic E-state index is 5.57. The van der Waals surface area contributed by atoms with Crippen molar-refractivity contribution in [2.24, 2.45) is 0 Å². The Kier molecular flexibility index (Phi) is 4.29. The molecule has 0 spiro atoms. The van der Waals surface area contributed by atoms with Crippen molar-refractivity contribution < 1.29 is 4.52 Å². The van der Waals surface area contributed by atoms with Crippen LogP contribution in [0.5, 0.6) is 0 Å². The van der Waals surface area contributed by atoms with Gasteiger partial charge in [0, 0.05) is 18.2 Å².